The summed E-state index contributed by atoms with van der Waals surface area (Å²) in [4.78, 5) is 126. The van der Waals surface area contributed by atoms with Gasteiger partial charge in [0, 0.05) is 49.9 Å². The molecule has 428 valence electrons. The van der Waals surface area contributed by atoms with Crippen LogP contribution in [0.3, 0.4) is 0 Å². The molecule has 4 aromatic rings. The zero-order chi connectivity index (χ0) is 58.9. The van der Waals surface area contributed by atoms with Crippen LogP contribution in [-0.2, 0) is 62.4 Å². The maximum absolute atomic E-state index is 13.7. The van der Waals surface area contributed by atoms with Crippen molar-refractivity contribution in [2.45, 2.75) is 89.9 Å². The Labute approximate surface area is 462 Å². The van der Waals surface area contributed by atoms with Crippen molar-refractivity contribution in [1.29, 1.82) is 0 Å². The molecule has 0 spiro atoms. The summed E-state index contributed by atoms with van der Waals surface area (Å²) < 4.78 is 0. The number of aliphatic hydroxyl groups is 1. The highest BCUT2D eigenvalue weighted by Gasteiger charge is 2.29. The van der Waals surface area contributed by atoms with Gasteiger partial charge in [-0.1, -0.05) is 65.7 Å². The molecule has 24 nitrogen and oxygen atoms in total. The molecule has 25 heteroatoms. The minimum atomic E-state index is -1.34. The van der Waals surface area contributed by atoms with Crippen LogP contribution in [0.1, 0.15) is 72.1 Å². The first-order chi connectivity index (χ1) is 37.5. The van der Waals surface area contributed by atoms with Crippen LogP contribution in [0, 0.1) is 6.92 Å². The zero-order valence-corrected chi connectivity index (χ0v) is 45.0. The molecule has 4 aromatic carbocycles. The highest BCUT2D eigenvalue weighted by atomic mass is 35.5. The van der Waals surface area contributed by atoms with Gasteiger partial charge in [0.1, 0.15) is 35.7 Å². The molecule has 0 aliphatic rings. The van der Waals surface area contributed by atoms with E-state index in [2.05, 4.69) is 42.5 Å². The summed E-state index contributed by atoms with van der Waals surface area (Å²) in [5.41, 5.74) is 19.7. The number of primary amides is 2. The highest BCUT2D eigenvalue weighted by molar-refractivity contribution is 6.30. The van der Waals surface area contributed by atoms with Gasteiger partial charge in [0.05, 0.1) is 19.6 Å². The Morgan fingerprint density at radius 1 is 0.544 bits per heavy atom. The van der Waals surface area contributed by atoms with Crippen LogP contribution in [0.15, 0.2) is 97.1 Å². The summed E-state index contributed by atoms with van der Waals surface area (Å²) in [6, 6.07) is 20.8. The molecule has 0 aliphatic carbocycles. The van der Waals surface area contributed by atoms with Crippen LogP contribution in [0.5, 0.6) is 11.5 Å². The molecular formula is C54H72ClN11O13. The number of aromatic hydroxyl groups is 2. The number of rotatable bonds is 28. The van der Waals surface area contributed by atoms with Gasteiger partial charge >= 0.3 is 0 Å². The Morgan fingerprint density at radius 3 is 1.52 bits per heavy atom. The first-order valence-electron chi connectivity index (χ1n) is 25.1. The number of amides is 10. The molecule has 0 saturated heterocycles. The van der Waals surface area contributed by atoms with Gasteiger partial charge in [-0.25, -0.2) is 0 Å². The van der Waals surface area contributed by atoms with Crippen molar-refractivity contribution < 1.29 is 63.3 Å². The van der Waals surface area contributed by atoms with Crippen LogP contribution in [-0.4, -0.2) is 138 Å². The molecule has 4 rings (SSSR count). The Hall–Kier alpha value is -8.61. The number of aryl methyl sites for hydroxylation is 2. The number of unbranched alkanes of at least 4 members (excludes halogenated alkanes) is 1. The lowest BCUT2D eigenvalue weighted by atomic mass is 10.0. The van der Waals surface area contributed by atoms with Crippen LogP contribution >= 0.6 is 11.6 Å². The average molecular weight is 1120 g/mol. The quantitative estimate of drug-likeness (QED) is 0.0313. The molecule has 0 fully saturated rings. The first kappa shape index (κ1) is 66.5. The first-order valence-corrected chi connectivity index (χ1v) is 25.4. The normalized spacial score (nSPS) is 11.8. The molecule has 4 atom stereocenters. The monoisotopic (exact) mass is 1120 g/mol. The van der Waals surface area contributed by atoms with Crippen LogP contribution < -0.4 is 59.7 Å². The number of aliphatic hydroxyl groups excluding tert-OH is 1. The zero-order valence-electron chi connectivity index (χ0n) is 44.3. The topological polar surface area (TPSA) is 406 Å². The number of carbonyl (C=O) groups excluding carboxylic acids is 10. The molecule has 0 bridgehead atoms. The van der Waals surface area contributed by atoms with Gasteiger partial charge in [0.15, 0.2) is 0 Å². The summed E-state index contributed by atoms with van der Waals surface area (Å²) in [7, 11) is 0. The molecule has 0 aliphatic heterocycles. The van der Waals surface area contributed by atoms with E-state index in [1.807, 2.05) is 19.1 Å². The molecule has 17 N–H and O–H groups in total. The molecule has 0 heterocycles. The van der Waals surface area contributed by atoms with E-state index in [0.29, 0.717) is 47.5 Å². The Bertz CT molecular complexity index is 2620. The lowest BCUT2D eigenvalue weighted by Crippen LogP contribution is -2.58. The fourth-order valence-corrected chi connectivity index (χ4v) is 6.99. The van der Waals surface area contributed by atoms with Crippen molar-refractivity contribution in [1.82, 2.24) is 42.5 Å². The van der Waals surface area contributed by atoms with Gasteiger partial charge in [-0.15, -0.1) is 0 Å². The second-order valence-corrected chi connectivity index (χ2v) is 18.1. The van der Waals surface area contributed by atoms with Crippen molar-refractivity contribution in [3.63, 3.8) is 0 Å². The van der Waals surface area contributed by atoms with Crippen LogP contribution in [0.4, 0.5) is 0 Å². The summed E-state index contributed by atoms with van der Waals surface area (Å²) >= 11 is 5.95. The number of carbonyl (C=O) groups is 10. The third kappa shape index (κ3) is 28.4. The van der Waals surface area contributed by atoms with E-state index in [1.54, 1.807) is 55.5 Å². The average Bonchev–Trinajstić information content (AvgIpc) is 3.41. The van der Waals surface area contributed by atoms with E-state index in [1.165, 1.54) is 43.3 Å². The largest absolute Gasteiger partial charge is 0.508 e. The van der Waals surface area contributed by atoms with E-state index < -0.39 is 97.0 Å². The van der Waals surface area contributed by atoms with E-state index >= 15 is 0 Å². The smallest absolute Gasteiger partial charge is 0.248 e. The second kappa shape index (κ2) is 36.4. The lowest BCUT2D eigenvalue weighted by molar-refractivity contribution is -0.133. The number of nitrogens with two attached hydrogens (primary N) is 3. The fraction of sp³-hybridized carbons (Fsp3) is 0.370. The SMILES string of the molecule is CC(=O)NCC(NC(=O)CCc1ccc(Cl)cc1)C(=O)NC(Cc1ccc(O)cc1)C(=O)NCC(=O)NC(CCCCN)C(=O)NCC(=O)NCC(=O)NC(Cc1ccc(O)cc1)C(N)=O.CCO.Cc1ccc(C(N)=O)cc1. The van der Waals surface area contributed by atoms with Gasteiger partial charge < -0.3 is 75.1 Å². The second-order valence-electron chi connectivity index (χ2n) is 17.7. The number of halogens is 1. The minimum Gasteiger partial charge on any atom is -0.508 e. The Balaban J connectivity index is 0.00000144. The van der Waals surface area contributed by atoms with E-state index in [4.69, 9.17) is 33.9 Å². The third-order valence-corrected chi connectivity index (χ3v) is 11.3. The Morgan fingerprint density at radius 2 is 1.01 bits per heavy atom. The molecule has 0 radical (unpaired) electrons. The number of phenolic OH excluding ortho intramolecular Hbond substituents is 2. The predicted molar refractivity (Wildman–Crippen MR) is 293 cm³/mol. The van der Waals surface area contributed by atoms with E-state index in [-0.39, 0.29) is 56.2 Å². The van der Waals surface area contributed by atoms with E-state index in [9.17, 15) is 58.2 Å². The predicted octanol–water partition coefficient (Wildman–Crippen LogP) is -0.700. The molecule has 4 unspecified atom stereocenters. The fourth-order valence-electron chi connectivity index (χ4n) is 6.86. The minimum absolute atomic E-state index is 0.0118. The molecule has 79 heavy (non-hydrogen) atoms. The van der Waals surface area contributed by atoms with Gasteiger partial charge in [-0.05, 0) is 111 Å². The van der Waals surface area contributed by atoms with Crippen molar-refractivity contribution in [3.05, 3.63) is 130 Å². The van der Waals surface area contributed by atoms with Crippen molar-refractivity contribution in [2.24, 2.45) is 17.2 Å². The van der Waals surface area contributed by atoms with Gasteiger partial charge in [0.25, 0.3) is 0 Å². The van der Waals surface area contributed by atoms with Crippen molar-refractivity contribution in [3.8, 4) is 11.5 Å². The number of hydrogen-bond donors (Lipinski definition) is 14. The van der Waals surface area contributed by atoms with Gasteiger partial charge in [0.2, 0.25) is 59.1 Å². The summed E-state index contributed by atoms with van der Waals surface area (Å²) in [5, 5.41) is 47.1. The van der Waals surface area contributed by atoms with E-state index in [0.717, 1.165) is 11.1 Å². The number of nitrogens with one attached hydrogen (secondary N) is 8. The highest BCUT2D eigenvalue weighted by Crippen LogP contribution is 2.14. The summed E-state index contributed by atoms with van der Waals surface area (Å²) in [6.45, 7) is 3.29. The number of benzene rings is 4. The van der Waals surface area contributed by atoms with Crippen LogP contribution in [0.25, 0.3) is 0 Å². The third-order valence-electron chi connectivity index (χ3n) is 11.1. The lowest BCUT2D eigenvalue weighted by Gasteiger charge is -2.24. The molecular weight excluding hydrogens is 1050 g/mol. The summed E-state index contributed by atoms with van der Waals surface area (Å²) in [6.07, 6.45) is 1.20. The van der Waals surface area contributed by atoms with Crippen molar-refractivity contribution in [2.75, 3.05) is 39.3 Å². The van der Waals surface area contributed by atoms with Gasteiger partial charge in [-0.2, -0.15) is 0 Å². The molecule has 10 amide bonds. The van der Waals surface area contributed by atoms with Crippen LogP contribution in [0.2, 0.25) is 5.02 Å². The molecule has 0 aromatic heterocycles. The molecule has 0 saturated carbocycles. The van der Waals surface area contributed by atoms with Crippen molar-refractivity contribution >= 4 is 70.7 Å². The Kier molecular flexibility index (Phi) is 30.7. The maximum atomic E-state index is 13.7. The maximum Gasteiger partial charge on any atom is 0.248 e. The number of hydrogen-bond acceptors (Lipinski definition) is 14. The standard InChI is InChI=1S/C44H57ClN10O11.C8H9NO.C2H6O/c1-26(56)48-22-36(54-37(59)18-11-27-5-12-30(45)13-6-27)44(66)55-35(21-29-9-16-32(58)17-10-29)43(65)51-25-40(62)52-33(4-2-3-19-46)42(64)50-23-38(60)49-24-39(61)53-34(41(47)63)20-28-7-14-31(57)15-8-28;1-6-2-4-7(5-3-6)8(9)10;1-2-3/h5-10,12-17,33-36,57-58H,2-4,11,18-25,46H2,1H3,(H2,47,63)(H,48,56)(H,49,60)(H,50,64)(H,51,65)(H,52,62)(H,53,61)(H,54,59)(H,55,66);2-5H,1H3,(H2,9,10);3H,2H2,1H3. The van der Waals surface area contributed by atoms with Gasteiger partial charge in [-0.3, -0.25) is 47.9 Å². The summed E-state index contributed by atoms with van der Waals surface area (Å²) in [5.74, 6) is -6.97. The number of phenols is 2.